The molecule has 40 heavy (non-hydrogen) atoms. The van der Waals surface area contributed by atoms with Crippen molar-refractivity contribution in [3.63, 3.8) is 0 Å². The summed E-state index contributed by atoms with van der Waals surface area (Å²) in [6, 6.07) is 9.23. The van der Waals surface area contributed by atoms with Gasteiger partial charge in [-0.2, -0.15) is 0 Å². The van der Waals surface area contributed by atoms with Gasteiger partial charge in [-0.25, -0.2) is 14.3 Å². The summed E-state index contributed by atoms with van der Waals surface area (Å²) in [4.78, 5) is 31.2. The number of carbonyl (C=O) groups excluding carboxylic acids is 1. The van der Waals surface area contributed by atoms with Crippen LogP contribution in [0.25, 0.3) is 22.3 Å². The van der Waals surface area contributed by atoms with E-state index in [-0.39, 0.29) is 55.3 Å². The lowest BCUT2D eigenvalue weighted by Gasteiger charge is -2.31. The van der Waals surface area contributed by atoms with Crippen molar-refractivity contribution in [3.8, 4) is 22.9 Å². The molecule has 6 heterocycles. The van der Waals surface area contributed by atoms with Gasteiger partial charge in [-0.15, -0.1) is 0 Å². The van der Waals surface area contributed by atoms with Gasteiger partial charge in [-0.3, -0.25) is 4.79 Å². The van der Waals surface area contributed by atoms with E-state index >= 15 is 0 Å². The number of nitrogens with zero attached hydrogens (tertiary/aromatic N) is 3. The summed E-state index contributed by atoms with van der Waals surface area (Å²) < 4.78 is 20.5. The van der Waals surface area contributed by atoms with Crippen LogP contribution in [0.4, 0.5) is 0 Å². The minimum Gasteiger partial charge on any atom is -1.00 e. The number of rotatable bonds is 4. The normalized spacial score (nSPS) is 18.4. The van der Waals surface area contributed by atoms with Crippen molar-refractivity contribution in [1.29, 1.82) is 0 Å². The third kappa shape index (κ3) is 3.78. The van der Waals surface area contributed by atoms with E-state index in [0.29, 0.717) is 48.2 Å². The SMILES string of the molecule is CC[C@@]1(O)C(=O)OCc2c1cc1n(c2=O)Cc2c-1nc1cc3c(cc1c2C[n+]1cccc(CO)c1)OCCO3.[Cl-]. The number of esters is 1. The molecule has 1 atom stereocenters. The molecule has 1 aromatic carbocycles. The topological polar surface area (TPSA) is 124 Å². The lowest BCUT2D eigenvalue weighted by atomic mass is 9.86. The highest BCUT2D eigenvalue weighted by Gasteiger charge is 2.45. The first-order valence-corrected chi connectivity index (χ1v) is 12.9. The summed E-state index contributed by atoms with van der Waals surface area (Å²) in [5.41, 5.74) is 2.79. The van der Waals surface area contributed by atoms with Crippen LogP contribution < -0.4 is 32.0 Å². The van der Waals surface area contributed by atoms with Crippen LogP contribution in [-0.2, 0) is 41.4 Å². The van der Waals surface area contributed by atoms with E-state index in [4.69, 9.17) is 19.2 Å². The molecule has 0 bridgehead atoms. The van der Waals surface area contributed by atoms with Gasteiger partial charge in [0, 0.05) is 39.8 Å². The van der Waals surface area contributed by atoms with Gasteiger partial charge in [0.25, 0.3) is 5.56 Å². The first-order valence-electron chi connectivity index (χ1n) is 12.9. The van der Waals surface area contributed by atoms with Crippen molar-refractivity contribution in [3.05, 3.63) is 80.9 Å². The quantitative estimate of drug-likeness (QED) is 0.204. The number of pyridine rings is 3. The second-order valence-electron chi connectivity index (χ2n) is 10.1. The first kappa shape index (κ1) is 26.2. The third-order valence-electron chi connectivity index (χ3n) is 7.91. The van der Waals surface area contributed by atoms with Crippen LogP contribution in [0.1, 0.15) is 41.2 Å². The predicted molar refractivity (Wildman–Crippen MR) is 137 cm³/mol. The number of hydrogen-bond acceptors (Lipinski definition) is 8. The lowest BCUT2D eigenvalue weighted by molar-refractivity contribution is -0.688. The van der Waals surface area contributed by atoms with E-state index in [1.165, 1.54) is 0 Å². The zero-order valence-electron chi connectivity index (χ0n) is 21.6. The monoisotopic (exact) mass is 563 g/mol. The van der Waals surface area contributed by atoms with Gasteiger partial charge in [0.15, 0.2) is 36.0 Å². The van der Waals surface area contributed by atoms with Crippen LogP contribution in [-0.4, -0.2) is 38.9 Å². The Balaban J connectivity index is 0.00000289. The van der Waals surface area contributed by atoms with Crippen molar-refractivity contribution in [2.75, 3.05) is 13.2 Å². The molecule has 0 spiro atoms. The maximum atomic E-state index is 13.7. The fourth-order valence-corrected chi connectivity index (χ4v) is 5.83. The molecule has 0 saturated carbocycles. The Hall–Kier alpha value is -3.99. The Kier molecular flexibility index (Phi) is 6.29. The number of carbonyl (C=O) groups is 1. The van der Waals surface area contributed by atoms with Gasteiger partial charge in [0.1, 0.15) is 19.8 Å². The Morgan fingerprint density at radius 3 is 2.62 bits per heavy atom. The number of fused-ring (bicyclic) bond motifs is 6. The average molecular weight is 564 g/mol. The van der Waals surface area contributed by atoms with E-state index < -0.39 is 11.6 Å². The lowest BCUT2D eigenvalue weighted by Crippen LogP contribution is -3.00. The molecule has 0 radical (unpaired) electrons. The molecule has 3 aromatic heterocycles. The van der Waals surface area contributed by atoms with Crippen molar-refractivity contribution in [2.24, 2.45) is 0 Å². The molecule has 3 aliphatic rings. The Bertz CT molecular complexity index is 1770. The van der Waals surface area contributed by atoms with E-state index in [1.807, 2.05) is 41.2 Å². The first-order chi connectivity index (χ1) is 18.9. The van der Waals surface area contributed by atoms with Crippen molar-refractivity contribution in [2.45, 2.75) is 45.2 Å². The minimum absolute atomic E-state index is 0. The molecule has 0 fully saturated rings. The summed E-state index contributed by atoms with van der Waals surface area (Å²) in [5, 5.41) is 21.8. The number of aromatic nitrogens is 3. The predicted octanol–water partition coefficient (Wildman–Crippen LogP) is -1.32. The fraction of sp³-hybridized carbons (Fsp3) is 0.310. The molecule has 10 nitrogen and oxygen atoms in total. The summed E-state index contributed by atoms with van der Waals surface area (Å²) >= 11 is 0. The molecule has 7 rings (SSSR count). The Morgan fingerprint density at radius 2 is 1.88 bits per heavy atom. The zero-order valence-corrected chi connectivity index (χ0v) is 22.4. The molecule has 206 valence electrons. The second kappa shape index (κ2) is 9.58. The van der Waals surface area contributed by atoms with Crippen molar-refractivity contribution in [1.82, 2.24) is 9.55 Å². The largest absolute Gasteiger partial charge is 1.00 e. The molecule has 0 aliphatic carbocycles. The summed E-state index contributed by atoms with van der Waals surface area (Å²) in [6.45, 7) is 3.05. The highest BCUT2D eigenvalue weighted by atomic mass is 35.5. The van der Waals surface area contributed by atoms with Gasteiger partial charge < -0.3 is 41.4 Å². The van der Waals surface area contributed by atoms with E-state index in [9.17, 15) is 19.8 Å². The van der Waals surface area contributed by atoms with Gasteiger partial charge in [-0.1, -0.05) is 6.92 Å². The highest BCUT2D eigenvalue weighted by molar-refractivity contribution is 5.91. The van der Waals surface area contributed by atoms with Crippen LogP contribution in [0.2, 0.25) is 0 Å². The highest BCUT2D eigenvalue weighted by Crippen LogP contribution is 2.42. The number of ether oxygens (including phenoxy) is 3. The van der Waals surface area contributed by atoms with Gasteiger partial charge in [0.05, 0.1) is 35.6 Å². The number of hydrogen-bond donors (Lipinski definition) is 2. The molecule has 3 aliphatic heterocycles. The van der Waals surface area contributed by atoms with Gasteiger partial charge >= 0.3 is 5.97 Å². The smallest absolute Gasteiger partial charge is 0.343 e. The van der Waals surface area contributed by atoms with Crippen LogP contribution >= 0.6 is 0 Å². The minimum atomic E-state index is -1.89. The maximum Gasteiger partial charge on any atom is 0.343 e. The molecule has 0 saturated heterocycles. The van der Waals surface area contributed by atoms with E-state index in [2.05, 4.69) is 0 Å². The summed E-state index contributed by atoms with van der Waals surface area (Å²) in [6.07, 6.45) is 3.88. The molecule has 11 heteroatoms. The van der Waals surface area contributed by atoms with Crippen LogP contribution in [0.5, 0.6) is 11.5 Å². The maximum absolute atomic E-state index is 13.7. The second-order valence-corrected chi connectivity index (χ2v) is 10.1. The molecule has 0 unspecified atom stereocenters. The third-order valence-corrected chi connectivity index (χ3v) is 7.91. The summed E-state index contributed by atoms with van der Waals surface area (Å²) in [5.74, 6) is 0.486. The zero-order chi connectivity index (χ0) is 26.9. The van der Waals surface area contributed by atoms with Crippen LogP contribution in [0.15, 0.2) is 47.5 Å². The van der Waals surface area contributed by atoms with E-state index in [1.54, 1.807) is 17.6 Å². The van der Waals surface area contributed by atoms with E-state index in [0.717, 1.165) is 22.1 Å². The molecule has 4 aromatic rings. The van der Waals surface area contributed by atoms with Gasteiger partial charge in [0.2, 0.25) is 0 Å². The molecular weight excluding hydrogens is 538 g/mol. The Morgan fingerprint density at radius 1 is 1.10 bits per heavy atom. The fourth-order valence-electron chi connectivity index (χ4n) is 5.83. The molecule has 2 N–H and O–H groups in total. The standard InChI is InChI=1S/C29H26N3O7.ClH/c1-2-29(36)21-9-23-26-19(13-32(23)27(34)20(21)15-39-28(29)35)18(12-31-5-3-4-16(11-31)14-33)17-8-24-25(10-22(17)30-26)38-7-6-37-24;/h3-5,8-11,33,36H,2,6-7,12-15H2,1H3;1H/q+1;/p-1/t29-;/m0./s1. The van der Waals surface area contributed by atoms with Gasteiger partial charge in [-0.05, 0) is 24.6 Å². The van der Waals surface area contributed by atoms with Crippen molar-refractivity contribution >= 4 is 16.9 Å². The van der Waals surface area contributed by atoms with Crippen LogP contribution in [0, 0.1) is 0 Å². The number of benzene rings is 1. The molecular formula is C29H26ClN3O7. The number of cyclic esters (lactones) is 1. The number of aliphatic hydroxyl groups excluding tert-OH is 1. The average Bonchev–Trinajstić information content (AvgIpc) is 3.33. The Labute approximate surface area is 234 Å². The number of halogens is 1. The van der Waals surface area contributed by atoms with Crippen molar-refractivity contribution < 1.29 is 46.2 Å². The van der Waals surface area contributed by atoms with Crippen LogP contribution in [0.3, 0.4) is 0 Å². The summed E-state index contributed by atoms with van der Waals surface area (Å²) in [7, 11) is 0. The molecule has 0 amide bonds. The number of aliphatic hydroxyl groups is 2.